The van der Waals surface area contributed by atoms with E-state index in [9.17, 15) is 9.59 Å². The fourth-order valence-corrected chi connectivity index (χ4v) is 2.19. The van der Waals surface area contributed by atoms with Crippen LogP contribution in [0.2, 0.25) is 0 Å². The standard InChI is InChI=1S/C16H17N3O5/c1-11(24-12-4-5-13-14(9-12)23-10-22-13)16(21)17-7-8-19-15(20)3-2-6-18-19/h2-6,9,11H,7-8,10H2,1H3,(H,17,21)/t11-/m0/s1. The van der Waals surface area contributed by atoms with Gasteiger partial charge >= 0.3 is 0 Å². The molecule has 24 heavy (non-hydrogen) atoms. The van der Waals surface area contributed by atoms with Gasteiger partial charge in [-0.1, -0.05) is 0 Å². The summed E-state index contributed by atoms with van der Waals surface area (Å²) in [6.07, 6.45) is 0.833. The summed E-state index contributed by atoms with van der Waals surface area (Å²) >= 11 is 0. The molecule has 0 aliphatic carbocycles. The van der Waals surface area contributed by atoms with E-state index in [2.05, 4.69) is 10.4 Å². The van der Waals surface area contributed by atoms with E-state index in [0.29, 0.717) is 23.8 Å². The molecule has 1 amide bonds. The van der Waals surface area contributed by atoms with Crippen LogP contribution in [0.25, 0.3) is 0 Å². The van der Waals surface area contributed by atoms with Crippen molar-refractivity contribution in [2.24, 2.45) is 0 Å². The Kier molecular flexibility index (Phi) is 4.64. The van der Waals surface area contributed by atoms with Crippen LogP contribution in [0.5, 0.6) is 17.2 Å². The first-order valence-corrected chi connectivity index (χ1v) is 7.49. The van der Waals surface area contributed by atoms with Crippen LogP contribution in [0.3, 0.4) is 0 Å². The number of amides is 1. The Balaban J connectivity index is 1.50. The van der Waals surface area contributed by atoms with Crippen molar-refractivity contribution in [3.8, 4) is 17.2 Å². The third-order valence-corrected chi connectivity index (χ3v) is 3.43. The summed E-state index contributed by atoms with van der Waals surface area (Å²) in [5, 5.41) is 6.63. The molecule has 3 rings (SSSR count). The highest BCUT2D eigenvalue weighted by molar-refractivity contribution is 5.80. The fraction of sp³-hybridized carbons (Fsp3) is 0.312. The Bertz CT molecular complexity index is 789. The molecule has 0 spiro atoms. The molecular weight excluding hydrogens is 314 g/mol. The number of aromatic nitrogens is 2. The van der Waals surface area contributed by atoms with E-state index >= 15 is 0 Å². The third-order valence-electron chi connectivity index (χ3n) is 3.43. The zero-order valence-corrected chi connectivity index (χ0v) is 13.1. The van der Waals surface area contributed by atoms with Crippen LogP contribution >= 0.6 is 0 Å². The second-order valence-corrected chi connectivity index (χ2v) is 5.15. The molecule has 2 heterocycles. The molecule has 0 bridgehead atoms. The van der Waals surface area contributed by atoms with E-state index < -0.39 is 6.10 Å². The predicted molar refractivity (Wildman–Crippen MR) is 84.2 cm³/mol. The van der Waals surface area contributed by atoms with Gasteiger partial charge in [0.1, 0.15) is 5.75 Å². The topological polar surface area (TPSA) is 91.7 Å². The maximum Gasteiger partial charge on any atom is 0.266 e. The minimum Gasteiger partial charge on any atom is -0.481 e. The van der Waals surface area contributed by atoms with Crippen molar-refractivity contribution in [1.29, 1.82) is 0 Å². The molecule has 1 aliphatic rings. The highest BCUT2D eigenvalue weighted by Gasteiger charge is 2.18. The number of benzene rings is 1. The molecule has 1 aromatic heterocycles. The van der Waals surface area contributed by atoms with Crippen molar-refractivity contribution in [2.45, 2.75) is 19.6 Å². The lowest BCUT2D eigenvalue weighted by atomic mass is 10.3. The minimum atomic E-state index is -0.689. The number of fused-ring (bicyclic) bond motifs is 1. The molecular formula is C16H17N3O5. The molecule has 0 saturated heterocycles. The summed E-state index contributed by atoms with van der Waals surface area (Å²) < 4.78 is 17.4. The van der Waals surface area contributed by atoms with Crippen molar-refractivity contribution in [3.05, 3.63) is 46.9 Å². The predicted octanol–water partition coefficient (Wildman–Crippen LogP) is 0.556. The average molecular weight is 331 g/mol. The number of ether oxygens (including phenoxy) is 3. The van der Waals surface area contributed by atoms with E-state index in [4.69, 9.17) is 14.2 Å². The fourth-order valence-electron chi connectivity index (χ4n) is 2.19. The SMILES string of the molecule is C[C@H](Oc1ccc2c(c1)OCO2)C(=O)NCCn1ncccc1=O. The van der Waals surface area contributed by atoms with E-state index in [1.54, 1.807) is 31.2 Å². The van der Waals surface area contributed by atoms with E-state index in [1.807, 2.05) is 0 Å². The summed E-state index contributed by atoms with van der Waals surface area (Å²) in [5.74, 6) is 1.48. The summed E-state index contributed by atoms with van der Waals surface area (Å²) in [5.41, 5.74) is -0.212. The number of carbonyl (C=O) groups excluding carboxylic acids is 1. The van der Waals surface area contributed by atoms with Crippen molar-refractivity contribution < 1.29 is 19.0 Å². The maximum atomic E-state index is 12.1. The van der Waals surface area contributed by atoms with Gasteiger partial charge in [-0.25, -0.2) is 4.68 Å². The lowest BCUT2D eigenvalue weighted by Crippen LogP contribution is -2.39. The monoisotopic (exact) mass is 331 g/mol. The summed E-state index contributed by atoms with van der Waals surface area (Å²) in [7, 11) is 0. The lowest BCUT2D eigenvalue weighted by Gasteiger charge is -2.15. The molecule has 1 N–H and O–H groups in total. The van der Waals surface area contributed by atoms with Gasteiger partial charge in [0.25, 0.3) is 11.5 Å². The van der Waals surface area contributed by atoms with Gasteiger partial charge in [-0.05, 0) is 25.1 Å². The van der Waals surface area contributed by atoms with Gasteiger partial charge < -0.3 is 19.5 Å². The second kappa shape index (κ2) is 7.03. The van der Waals surface area contributed by atoms with Crippen LogP contribution in [-0.2, 0) is 11.3 Å². The Hall–Kier alpha value is -3.03. The zero-order chi connectivity index (χ0) is 16.9. The average Bonchev–Trinajstić information content (AvgIpc) is 3.04. The second-order valence-electron chi connectivity index (χ2n) is 5.15. The van der Waals surface area contributed by atoms with Gasteiger partial charge in [0.2, 0.25) is 6.79 Å². The molecule has 126 valence electrons. The van der Waals surface area contributed by atoms with E-state index in [1.165, 1.54) is 16.9 Å². The molecule has 1 aliphatic heterocycles. The molecule has 8 heteroatoms. The first-order chi connectivity index (χ1) is 11.6. The van der Waals surface area contributed by atoms with Crippen LogP contribution < -0.4 is 25.1 Å². The summed E-state index contributed by atoms with van der Waals surface area (Å²) in [4.78, 5) is 23.6. The van der Waals surface area contributed by atoms with Gasteiger partial charge in [-0.3, -0.25) is 9.59 Å². The number of nitrogens with one attached hydrogen (secondary N) is 1. The van der Waals surface area contributed by atoms with Gasteiger partial charge in [-0.2, -0.15) is 5.10 Å². The third kappa shape index (κ3) is 3.65. The first kappa shape index (κ1) is 15.9. The van der Waals surface area contributed by atoms with Gasteiger partial charge in [-0.15, -0.1) is 0 Å². The number of hydrogen-bond donors (Lipinski definition) is 1. The van der Waals surface area contributed by atoms with Crippen molar-refractivity contribution in [3.63, 3.8) is 0 Å². The Morgan fingerprint density at radius 2 is 2.21 bits per heavy atom. The Morgan fingerprint density at radius 1 is 1.38 bits per heavy atom. The van der Waals surface area contributed by atoms with Crippen LogP contribution in [0.15, 0.2) is 41.3 Å². The molecule has 8 nitrogen and oxygen atoms in total. The molecule has 2 aromatic rings. The van der Waals surface area contributed by atoms with Crippen LogP contribution in [0, 0.1) is 0 Å². The zero-order valence-electron chi connectivity index (χ0n) is 13.1. The number of hydrogen-bond acceptors (Lipinski definition) is 6. The van der Waals surface area contributed by atoms with Crippen LogP contribution in [0.4, 0.5) is 0 Å². The Morgan fingerprint density at radius 3 is 3.04 bits per heavy atom. The van der Waals surface area contributed by atoms with E-state index in [-0.39, 0.29) is 24.8 Å². The molecule has 1 aromatic carbocycles. The van der Waals surface area contributed by atoms with Crippen molar-refractivity contribution >= 4 is 5.91 Å². The highest BCUT2D eigenvalue weighted by Crippen LogP contribution is 2.35. The quantitative estimate of drug-likeness (QED) is 0.831. The molecule has 0 fully saturated rings. The molecule has 0 unspecified atom stereocenters. The summed E-state index contributed by atoms with van der Waals surface area (Å²) in [6.45, 7) is 2.40. The van der Waals surface area contributed by atoms with Gasteiger partial charge in [0.15, 0.2) is 17.6 Å². The van der Waals surface area contributed by atoms with Crippen LogP contribution in [-0.4, -0.2) is 35.1 Å². The van der Waals surface area contributed by atoms with Crippen LogP contribution in [0.1, 0.15) is 6.92 Å². The summed E-state index contributed by atoms with van der Waals surface area (Å²) in [6, 6.07) is 8.11. The number of carbonyl (C=O) groups is 1. The van der Waals surface area contributed by atoms with Crippen molar-refractivity contribution in [2.75, 3.05) is 13.3 Å². The molecule has 0 saturated carbocycles. The maximum absolute atomic E-state index is 12.1. The first-order valence-electron chi connectivity index (χ1n) is 7.49. The Labute approximate surface area is 138 Å². The lowest BCUT2D eigenvalue weighted by molar-refractivity contribution is -0.127. The molecule has 0 radical (unpaired) electrons. The van der Waals surface area contributed by atoms with Crippen molar-refractivity contribution in [1.82, 2.24) is 15.1 Å². The molecule has 1 atom stereocenters. The highest BCUT2D eigenvalue weighted by atomic mass is 16.7. The number of rotatable bonds is 6. The van der Waals surface area contributed by atoms with Gasteiger partial charge in [0.05, 0.1) is 6.54 Å². The largest absolute Gasteiger partial charge is 0.481 e. The van der Waals surface area contributed by atoms with Gasteiger partial charge in [0, 0.05) is 24.9 Å². The van der Waals surface area contributed by atoms with E-state index in [0.717, 1.165) is 0 Å². The minimum absolute atomic E-state index is 0.182. The normalized spacial score (nSPS) is 13.4. The smallest absolute Gasteiger partial charge is 0.266 e. The number of nitrogens with zero attached hydrogens (tertiary/aromatic N) is 2.